The molecule has 0 bridgehead atoms. The minimum absolute atomic E-state index is 0.00597. The molecule has 3 atom stereocenters. The van der Waals surface area contributed by atoms with Crippen LogP contribution in [-0.4, -0.2) is 68.5 Å². The van der Waals surface area contributed by atoms with Crippen LogP contribution in [0.1, 0.15) is 316 Å². The highest BCUT2D eigenvalue weighted by Gasteiger charge is 2.23. The highest BCUT2D eigenvalue weighted by molar-refractivity contribution is 7.45. The molecule has 0 aliphatic heterocycles. The minimum atomic E-state index is -4.61. The fourth-order valence-electron chi connectivity index (χ4n) is 9.67. The number of quaternary nitrogens is 1. The Hall–Kier alpha value is -1.54. The summed E-state index contributed by atoms with van der Waals surface area (Å²) in [5, 5.41) is 13.9. The summed E-state index contributed by atoms with van der Waals surface area (Å²) in [6.07, 6.45) is 76.6. The average Bonchev–Trinajstić information content (AvgIpc) is 3.37. The van der Waals surface area contributed by atoms with Gasteiger partial charge in [-0.2, -0.15) is 0 Å². The maximum Gasteiger partial charge on any atom is 0.268 e. The summed E-state index contributed by atoms with van der Waals surface area (Å²) < 4.78 is 23.3. The van der Waals surface area contributed by atoms with Gasteiger partial charge < -0.3 is 28.8 Å². The molecule has 3 unspecified atom stereocenters. The number of rotatable bonds is 60. The predicted octanol–water partition coefficient (Wildman–Crippen LogP) is 19.6. The van der Waals surface area contributed by atoms with Crippen LogP contribution in [-0.2, 0) is 18.4 Å². The van der Waals surface area contributed by atoms with E-state index >= 15 is 0 Å². The molecular weight excluding hydrogens is 948 g/mol. The van der Waals surface area contributed by atoms with Gasteiger partial charge in [0.15, 0.2) is 0 Å². The van der Waals surface area contributed by atoms with Crippen molar-refractivity contribution in [1.82, 2.24) is 5.32 Å². The number of nitrogens with zero attached hydrogens (tertiary/aromatic N) is 1. The molecule has 1 amide bonds. The van der Waals surface area contributed by atoms with Gasteiger partial charge in [0.1, 0.15) is 13.2 Å². The molecule has 2 N–H and O–H groups in total. The van der Waals surface area contributed by atoms with Gasteiger partial charge in [0.2, 0.25) is 5.91 Å². The van der Waals surface area contributed by atoms with Crippen LogP contribution in [0.2, 0.25) is 0 Å². The van der Waals surface area contributed by atoms with Crippen LogP contribution in [0.15, 0.2) is 48.6 Å². The first-order valence-corrected chi connectivity index (χ1v) is 34.0. The second-order valence-corrected chi connectivity index (χ2v) is 24.9. The monoisotopic (exact) mass is 1070 g/mol. The number of carbonyl (C=O) groups excluding carboxylic acids is 1. The van der Waals surface area contributed by atoms with Crippen molar-refractivity contribution >= 4 is 13.7 Å². The number of allylic oxidation sites excluding steroid dienone is 7. The molecule has 0 aromatic carbocycles. The lowest BCUT2D eigenvalue weighted by Gasteiger charge is -2.29. The Bertz CT molecular complexity index is 1360. The second kappa shape index (κ2) is 57.2. The Kier molecular flexibility index (Phi) is 56.0. The van der Waals surface area contributed by atoms with Crippen molar-refractivity contribution in [3.05, 3.63) is 48.6 Å². The molecule has 75 heavy (non-hydrogen) atoms. The highest BCUT2D eigenvalue weighted by atomic mass is 31.2. The van der Waals surface area contributed by atoms with Gasteiger partial charge in [0.05, 0.1) is 39.9 Å². The lowest BCUT2D eigenvalue weighted by atomic mass is 10.0. The molecule has 9 heteroatoms. The Morgan fingerprint density at radius 2 is 0.787 bits per heavy atom. The van der Waals surface area contributed by atoms with Crippen molar-refractivity contribution in [3.63, 3.8) is 0 Å². The van der Waals surface area contributed by atoms with Crippen molar-refractivity contribution in [3.8, 4) is 0 Å². The standard InChI is InChI=1S/C66H127N2O6P/c1-6-8-10-12-14-16-18-20-22-24-25-26-27-28-29-30-31-32-33-34-35-36-37-38-39-40-41-42-43-44-46-48-50-52-54-56-58-60-66(70)67-64(63-74-75(71,72)73-62-61-68(3,4)5)65(69)59-57-55-53-51-49-47-45-23-21-19-17-15-13-11-9-7-2/h29-30,32-33,49,51,57,59,64-65,69H,6-28,31,34-48,50,52-56,58,60-63H2,1-5H3,(H-,67,70,71,72)/b30-29-,33-32-,51-49+,59-57+. The highest BCUT2D eigenvalue weighted by Crippen LogP contribution is 2.38. The van der Waals surface area contributed by atoms with Gasteiger partial charge in [-0.3, -0.25) is 9.36 Å². The van der Waals surface area contributed by atoms with Gasteiger partial charge >= 0.3 is 0 Å². The van der Waals surface area contributed by atoms with Gasteiger partial charge in [-0.05, 0) is 64.2 Å². The maximum absolute atomic E-state index is 13.0. The van der Waals surface area contributed by atoms with E-state index < -0.39 is 26.6 Å². The first-order chi connectivity index (χ1) is 36.5. The van der Waals surface area contributed by atoms with E-state index in [2.05, 4.69) is 55.6 Å². The van der Waals surface area contributed by atoms with E-state index in [4.69, 9.17) is 9.05 Å². The molecule has 0 saturated carbocycles. The molecule has 0 heterocycles. The number of aliphatic hydroxyl groups excluding tert-OH is 1. The third kappa shape index (κ3) is 60.0. The van der Waals surface area contributed by atoms with Gasteiger partial charge in [-0.15, -0.1) is 0 Å². The zero-order valence-corrected chi connectivity index (χ0v) is 51.4. The van der Waals surface area contributed by atoms with Crippen molar-refractivity contribution < 1.29 is 32.9 Å². The molecule has 0 spiro atoms. The first-order valence-electron chi connectivity index (χ1n) is 32.5. The lowest BCUT2D eigenvalue weighted by Crippen LogP contribution is -2.45. The van der Waals surface area contributed by atoms with Gasteiger partial charge in [-0.25, -0.2) is 0 Å². The van der Waals surface area contributed by atoms with E-state index in [1.54, 1.807) is 6.08 Å². The van der Waals surface area contributed by atoms with Crippen molar-refractivity contribution in [1.29, 1.82) is 0 Å². The number of aliphatic hydroxyl groups is 1. The third-order valence-electron chi connectivity index (χ3n) is 14.8. The number of amides is 1. The molecule has 0 aliphatic carbocycles. The van der Waals surface area contributed by atoms with Crippen LogP contribution in [0.25, 0.3) is 0 Å². The second-order valence-electron chi connectivity index (χ2n) is 23.5. The molecule has 0 aromatic rings. The van der Waals surface area contributed by atoms with E-state index in [-0.39, 0.29) is 12.5 Å². The molecule has 0 radical (unpaired) electrons. The molecule has 0 aromatic heterocycles. The summed E-state index contributed by atoms with van der Waals surface area (Å²) >= 11 is 0. The topological polar surface area (TPSA) is 108 Å². The van der Waals surface area contributed by atoms with E-state index in [0.29, 0.717) is 17.4 Å². The molecular formula is C66H127N2O6P. The lowest BCUT2D eigenvalue weighted by molar-refractivity contribution is -0.870. The molecule has 0 rings (SSSR count). The van der Waals surface area contributed by atoms with E-state index in [9.17, 15) is 19.4 Å². The number of nitrogens with one attached hydrogen (secondary N) is 1. The van der Waals surface area contributed by atoms with Crippen molar-refractivity contribution in [2.24, 2.45) is 0 Å². The minimum Gasteiger partial charge on any atom is -0.756 e. The third-order valence-corrected chi connectivity index (χ3v) is 15.7. The fourth-order valence-corrected chi connectivity index (χ4v) is 10.4. The molecule has 0 fully saturated rings. The van der Waals surface area contributed by atoms with Crippen LogP contribution >= 0.6 is 7.82 Å². The summed E-state index contributed by atoms with van der Waals surface area (Å²) in [6.45, 7) is 4.66. The fraction of sp³-hybridized carbons (Fsp3) is 0.864. The van der Waals surface area contributed by atoms with E-state index in [1.807, 2.05) is 27.2 Å². The van der Waals surface area contributed by atoms with E-state index in [0.717, 1.165) is 44.9 Å². The zero-order valence-electron chi connectivity index (χ0n) is 50.5. The normalized spacial score (nSPS) is 14.1. The quantitative estimate of drug-likeness (QED) is 0.0272. The Morgan fingerprint density at radius 1 is 0.467 bits per heavy atom. The van der Waals surface area contributed by atoms with Crippen molar-refractivity contribution in [2.75, 3.05) is 40.9 Å². The average molecular weight is 1080 g/mol. The maximum atomic E-state index is 13.0. The number of likely N-dealkylation sites (N-methyl/N-ethyl adjacent to an activating group) is 1. The number of hydrogen-bond donors (Lipinski definition) is 2. The predicted molar refractivity (Wildman–Crippen MR) is 325 cm³/mol. The van der Waals surface area contributed by atoms with Crippen LogP contribution in [0.4, 0.5) is 0 Å². The Balaban J connectivity index is 3.99. The number of hydrogen-bond acceptors (Lipinski definition) is 6. The van der Waals surface area contributed by atoms with Gasteiger partial charge in [0.25, 0.3) is 7.82 Å². The Morgan fingerprint density at radius 3 is 1.16 bits per heavy atom. The molecule has 8 nitrogen and oxygen atoms in total. The smallest absolute Gasteiger partial charge is 0.268 e. The summed E-state index contributed by atoms with van der Waals surface area (Å²) in [4.78, 5) is 25.5. The van der Waals surface area contributed by atoms with Crippen LogP contribution in [0.5, 0.6) is 0 Å². The number of phosphoric acid groups is 1. The zero-order chi connectivity index (χ0) is 54.9. The summed E-state index contributed by atoms with van der Waals surface area (Å²) in [5.41, 5.74) is 0. The SMILES string of the molecule is CCCCCCCCCCCC/C=C/CC/C=C/C(O)C(COP(=O)([O-])OCC[N+](C)(C)C)NC(=O)CCCCCCCCCCCCCCCCCCC/C=C\C/C=C\CCCCCCCCCCCCCCC. The molecule has 0 aliphatic rings. The molecule has 442 valence electrons. The van der Waals surface area contributed by atoms with Crippen LogP contribution in [0.3, 0.4) is 0 Å². The van der Waals surface area contributed by atoms with Crippen LogP contribution in [0, 0.1) is 0 Å². The van der Waals surface area contributed by atoms with Gasteiger partial charge in [-0.1, -0.05) is 294 Å². The van der Waals surface area contributed by atoms with Gasteiger partial charge in [0, 0.05) is 6.42 Å². The van der Waals surface area contributed by atoms with Crippen molar-refractivity contribution in [2.45, 2.75) is 328 Å². The summed E-state index contributed by atoms with van der Waals surface area (Å²) in [6, 6.07) is -0.903. The molecule has 0 saturated heterocycles. The summed E-state index contributed by atoms with van der Waals surface area (Å²) in [5.74, 6) is -0.204. The number of carbonyl (C=O) groups is 1. The van der Waals surface area contributed by atoms with E-state index in [1.165, 1.54) is 250 Å². The number of unbranched alkanes of at least 4 members (excludes halogenated alkanes) is 41. The summed E-state index contributed by atoms with van der Waals surface area (Å²) in [7, 11) is 1.25. The van der Waals surface area contributed by atoms with Crippen LogP contribution < -0.4 is 10.2 Å². The first kappa shape index (κ1) is 73.5. The number of phosphoric ester groups is 1. The largest absolute Gasteiger partial charge is 0.756 e. The Labute approximate surface area is 467 Å².